The maximum Gasteiger partial charge on any atom is 0.251 e. The molecule has 94 valence electrons. The molecule has 1 rings (SSSR count). The molecule has 0 radical (unpaired) electrons. The van der Waals surface area contributed by atoms with Crippen molar-refractivity contribution < 1.29 is 13.2 Å². The Bertz CT molecular complexity index is 524. The molecule has 0 fully saturated rings. The molecule has 0 aliphatic rings. The van der Waals surface area contributed by atoms with Crippen LogP contribution >= 0.6 is 0 Å². The van der Waals surface area contributed by atoms with Gasteiger partial charge in [-0.15, -0.1) is 0 Å². The maximum absolute atomic E-state index is 11.6. The van der Waals surface area contributed by atoms with E-state index in [-0.39, 0.29) is 18.2 Å². The van der Waals surface area contributed by atoms with E-state index >= 15 is 0 Å². The molecular formula is C11H16N2O3S. The fourth-order valence-corrected chi connectivity index (χ4v) is 1.71. The number of rotatable bonds is 4. The summed E-state index contributed by atoms with van der Waals surface area (Å²) in [5.74, 6) is -0.388. The summed E-state index contributed by atoms with van der Waals surface area (Å²) in [6, 6.07) is 4.98. The highest BCUT2D eigenvalue weighted by Gasteiger charge is 2.08. The van der Waals surface area contributed by atoms with Gasteiger partial charge in [-0.3, -0.25) is 4.79 Å². The van der Waals surface area contributed by atoms with Crippen molar-refractivity contribution in [1.82, 2.24) is 5.32 Å². The van der Waals surface area contributed by atoms with Crippen molar-refractivity contribution in [3.63, 3.8) is 0 Å². The van der Waals surface area contributed by atoms with E-state index in [2.05, 4.69) is 5.32 Å². The van der Waals surface area contributed by atoms with Crippen LogP contribution in [0.4, 0.5) is 5.69 Å². The first kappa shape index (κ1) is 13.5. The lowest BCUT2D eigenvalue weighted by Gasteiger charge is -2.06. The smallest absolute Gasteiger partial charge is 0.251 e. The number of carbonyl (C=O) groups is 1. The van der Waals surface area contributed by atoms with E-state index in [0.717, 1.165) is 11.8 Å². The molecule has 0 saturated heterocycles. The van der Waals surface area contributed by atoms with Crippen molar-refractivity contribution in [2.24, 2.45) is 0 Å². The minimum absolute atomic E-state index is 0.0694. The summed E-state index contributed by atoms with van der Waals surface area (Å²) in [6.07, 6.45) is 1.13. The van der Waals surface area contributed by atoms with Crippen LogP contribution in [0.25, 0.3) is 0 Å². The summed E-state index contributed by atoms with van der Waals surface area (Å²) < 4.78 is 21.8. The molecule has 0 spiro atoms. The van der Waals surface area contributed by atoms with Crippen LogP contribution in [0.3, 0.4) is 0 Å². The molecule has 0 heterocycles. The maximum atomic E-state index is 11.6. The molecule has 5 nitrogen and oxygen atoms in total. The highest BCUT2D eigenvalue weighted by atomic mass is 32.2. The van der Waals surface area contributed by atoms with Crippen LogP contribution in [-0.2, 0) is 9.84 Å². The lowest BCUT2D eigenvalue weighted by atomic mass is 10.1. The van der Waals surface area contributed by atoms with Gasteiger partial charge < -0.3 is 11.1 Å². The fourth-order valence-electron chi connectivity index (χ4n) is 1.23. The molecule has 1 aromatic carbocycles. The highest BCUT2D eigenvalue weighted by Crippen LogP contribution is 2.12. The highest BCUT2D eigenvalue weighted by molar-refractivity contribution is 7.90. The number of nitrogens with two attached hydrogens (primary N) is 1. The van der Waals surface area contributed by atoms with Gasteiger partial charge in [-0.25, -0.2) is 8.42 Å². The Morgan fingerprint density at radius 2 is 2.06 bits per heavy atom. The molecular weight excluding hydrogens is 240 g/mol. The Balaban J connectivity index is 2.61. The van der Waals surface area contributed by atoms with Crippen molar-refractivity contribution in [1.29, 1.82) is 0 Å². The second-order valence-electron chi connectivity index (χ2n) is 3.96. The molecule has 0 saturated carbocycles. The third kappa shape index (κ3) is 4.44. The number of benzene rings is 1. The van der Waals surface area contributed by atoms with E-state index in [9.17, 15) is 13.2 Å². The first-order valence-electron chi connectivity index (χ1n) is 5.11. The molecule has 0 aromatic heterocycles. The Labute approximate surface area is 101 Å². The largest absolute Gasteiger partial charge is 0.398 e. The normalized spacial score (nSPS) is 11.2. The van der Waals surface area contributed by atoms with Crippen molar-refractivity contribution in [3.8, 4) is 0 Å². The van der Waals surface area contributed by atoms with Crippen LogP contribution in [0.15, 0.2) is 18.2 Å². The average molecular weight is 256 g/mol. The monoisotopic (exact) mass is 256 g/mol. The topological polar surface area (TPSA) is 89.3 Å². The summed E-state index contributed by atoms with van der Waals surface area (Å²) in [4.78, 5) is 11.6. The van der Waals surface area contributed by atoms with E-state index in [1.807, 2.05) is 6.92 Å². The Hall–Kier alpha value is -1.56. The van der Waals surface area contributed by atoms with Gasteiger partial charge in [0.1, 0.15) is 9.84 Å². The third-order valence-electron chi connectivity index (χ3n) is 2.30. The molecule has 3 N–H and O–H groups in total. The molecule has 0 unspecified atom stereocenters. The second kappa shape index (κ2) is 5.18. The zero-order chi connectivity index (χ0) is 13.1. The molecule has 0 atom stereocenters. The van der Waals surface area contributed by atoms with Gasteiger partial charge in [-0.1, -0.05) is 6.07 Å². The summed E-state index contributed by atoms with van der Waals surface area (Å²) in [5.41, 5.74) is 7.56. The Morgan fingerprint density at radius 1 is 1.41 bits per heavy atom. The lowest BCUT2D eigenvalue weighted by molar-refractivity contribution is 0.0956. The van der Waals surface area contributed by atoms with Crippen LogP contribution in [-0.4, -0.2) is 32.9 Å². The Morgan fingerprint density at radius 3 is 2.59 bits per heavy atom. The van der Waals surface area contributed by atoms with Gasteiger partial charge in [0.2, 0.25) is 0 Å². The number of nitrogen functional groups attached to an aromatic ring is 1. The van der Waals surface area contributed by atoms with Crippen molar-refractivity contribution >= 4 is 21.4 Å². The van der Waals surface area contributed by atoms with Crippen LogP contribution in [0.1, 0.15) is 15.9 Å². The van der Waals surface area contributed by atoms with E-state index in [4.69, 9.17) is 5.73 Å². The molecule has 1 aromatic rings. The minimum atomic E-state index is -3.06. The van der Waals surface area contributed by atoms with Gasteiger partial charge in [0, 0.05) is 24.1 Å². The minimum Gasteiger partial charge on any atom is -0.398 e. The van der Waals surface area contributed by atoms with Gasteiger partial charge in [0.05, 0.1) is 5.75 Å². The zero-order valence-corrected chi connectivity index (χ0v) is 10.7. The molecule has 17 heavy (non-hydrogen) atoms. The van der Waals surface area contributed by atoms with Crippen molar-refractivity contribution in [2.75, 3.05) is 24.3 Å². The molecule has 0 aliphatic carbocycles. The number of anilines is 1. The second-order valence-corrected chi connectivity index (χ2v) is 6.22. The summed E-state index contributed by atoms with van der Waals surface area (Å²) >= 11 is 0. The zero-order valence-electron chi connectivity index (χ0n) is 9.86. The van der Waals surface area contributed by atoms with Gasteiger partial charge >= 0.3 is 0 Å². The molecule has 0 bridgehead atoms. The third-order valence-corrected chi connectivity index (χ3v) is 3.25. The van der Waals surface area contributed by atoms with Crippen LogP contribution in [0.2, 0.25) is 0 Å². The standard InChI is InChI=1S/C11H16N2O3S/c1-8-3-4-9(7-10(8)12)11(14)13-5-6-17(2,15)16/h3-4,7H,5-6,12H2,1-2H3,(H,13,14). The van der Waals surface area contributed by atoms with Gasteiger partial charge in [0.15, 0.2) is 0 Å². The lowest BCUT2D eigenvalue weighted by Crippen LogP contribution is -2.28. The molecule has 6 heteroatoms. The van der Waals surface area contributed by atoms with Crippen LogP contribution < -0.4 is 11.1 Å². The predicted octanol–water partition coefficient (Wildman–Crippen LogP) is 0.352. The number of carbonyl (C=O) groups excluding carboxylic acids is 1. The first-order chi connectivity index (χ1) is 7.79. The van der Waals surface area contributed by atoms with Crippen LogP contribution in [0, 0.1) is 6.92 Å². The number of hydrogen-bond acceptors (Lipinski definition) is 4. The SMILES string of the molecule is Cc1ccc(C(=O)NCCS(C)(=O)=O)cc1N. The Kier molecular flexibility index (Phi) is 4.11. The van der Waals surface area contributed by atoms with Crippen LogP contribution in [0.5, 0.6) is 0 Å². The summed E-state index contributed by atoms with van der Waals surface area (Å²) in [5, 5.41) is 2.53. The van der Waals surface area contributed by atoms with E-state index in [1.54, 1.807) is 18.2 Å². The van der Waals surface area contributed by atoms with Crippen molar-refractivity contribution in [2.45, 2.75) is 6.92 Å². The number of nitrogens with one attached hydrogen (secondary N) is 1. The quantitative estimate of drug-likeness (QED) is 0.761. The number of sulfone groups is 1. The van der Waals surface area contributed by atoms with Gasteiger partial charge in [-0.05, 0) is 24.6 Å². The van der Waals surface area contributed by atoms with Crippen molar-refractivity contribution in [3.05, 3.63) is 29.3 Å². The number of aryl methyl sites for hydroxylation is 1. The predicted molar refractivity (Wildman–Crippen MR) is 67.6 cm³/mol. The van der Waals surface area contributed by atoms with E-state index in [1.165, 1.54) is 0 Å². The molecule has 1 amide bonds. The fraction of sp³-hybridized carbons (Fsp3) is 0.364. The van der Waals surface area contributed by atoms with E-state index < -0.39 is 9.84 Å². The number of amides is 1. The van der Waals surface area contributed by atoms with Gasteiger partial charge in [0.25, 0.3) is 5.91 Å². The number of hydrogen-bond donors (Lipinski definition) is 2. The first-order valence-corrected chi connectivity index (χ1v) is 7.18. The summed E-state index contributed by atoms with van der Waals surface area (Å²) in [6.45, 7) is 1.95. The molecule has 0 aliphatic heterocycles. The summed E-state index contributed by atoms with van der Waals surface area (Å²) in [7, 11) is -3.06. The average Bonchev–Trinajstić information content (AvgIpc) is 2.20. The van der Waals surface area contributed by atoms with Gasteiger partial charge in [-0.2, -0.15) is 0 Å². The van der Waals surface area contributed by atoms with E-state index in [0.29, 0.717) is 11.3 Å².